The molecule has 2 atom stereocenters. The van der Waals surface area contributed by atoms with E-state index in [0.29, 0.717) is 18.4 Å². The zero-order valence-electron chi connectivity index (χ0n) is 13.0. The van der Waals surface area contributed by atoms with Crippen LogP contribution in [0.15, 0.2) is 24.3 Å². The van der Waals surface area contributed by atoms with Crippen molar-refractivity contribution < 1.29 is 9.53 Å². The van der Waals surface area contributed by atoms with E-state index < -0.39 is 0 Å². The Hall–Kier alpha value is -1.81. The number of esters is 1. The molecule has 1 saturated heterocycles. The minimum absolute atomic E-state index is 0.0915. The first-order chi connectivity index (χ1) is 10.8. The van der Waals surface area contributed by atoms with Crippen LogP contribution in [0.5, 0.6) is 0 Å². The van der Waals surface area contributed by atoms with E-state index in [1.54, 1.807) is 0 Å². The summed E-state index contributed by atoms with van der Waals surface area (Å²) in [6.45, 7) is 2.28. The highest BCUT2D eigenvalue weighted by molar-refractivity contribution is 5.85. The lowest BCUT2D eigenvalue weighted by atomic mass is 9.88. The molecule has 0 aliphatic carbocycles. The number of hydrogen-bond donors (Lipinski definition) is 1. The maximum atomic E-state index is 11.5. The zero-order chi connectivity index (χ0) is 15.1. The molecule has 3 heterocycles. The third-order valence-corrected chi connectivity index (χ3v) is 5.37. The number of para-hydroxylation sites is 1. The van der Waals surface area contributed by atoms with Crippen LogP contribution in [0.25, 0.3) is 10.9 Å². The Balaban J connectivity index is 1.66. The molecule has 0 amide bonds. The van der Waals surface area contributed by atoms with E-state index in [9.17, 15) is 4.79 Å². The minimum Gasteiger partial charge on any atom is -0.469 e. The molecular weight excluding hydrogens is 276 g/mol. The fourth-order valence-corrected chi connectivity index (χ4v) is 4.30. The number of aromatic amines is 1. The van der Waals surface area contributed by atoms with Gasteiger partial charge in [0.2, 0.25) is 0 Å². The van der Waals surface area contributed by atoms with Gasteiger partial charge in [-0.05, 0) is 43.4 Å². The van der Waals surface area contributed by atoms with E-state index in [1.807, 2.05) is 0 Å². The van der Waals surface area contributed by atoms with Crippen LogP contribution in [0, 0.1) is 5.92 Å². The van der Waals surface area contributed by atoms with Crippen LogP contribution in [0.2, 0.25) is 0 Å². The maximum Gasteiger partial charge on any atom is 0.305 e. The molecule has 0 saturated carbocycles. The zero-order valence-corrected chi connectivity index (χ0v) is 13.0. The molecule has 116 valence electrons. The van der Waals surface area contributed by atoms with Crippen molar-refractivity contribution in [3.05, 3.63) is 35.5 Å². The van der Waals surface area contributed by atoms with Crippen molar-refractivity contribution in [3.63, 3.8) is 0 Å². The largest absolute Gasteiger partial charge is 0.469 e. The van der Waals surface area contributed by atoms with E-state index in [4.69, 9.17) is 4.74 Å². The van der Waals surface area contributed by atoms with Gasteiger partial charge in [0.15, 0.2) is 0 Å². The molecule has 0 spiro atoms. The second kappa shape index (κ2) is 5.43. The number of fused-ring (bicyclic) bond motifs is 5. The standard InChI is InChI=1S/C18H22N2O2/c1-22-16(21)7-6-12-8-10-20-11-9-14-13-4-2-3-5-15(13)19-17(14)18(12)20/h2-5,12,18-19H,6-11H2,1H3/t12-,18-/m0/s1. The van der Waals surface area contributed by atoms with Gasteiger partial charge in [-0.15, -0.1) is 0 Å². The van der Waals surface area contributed by atoms with Gasteiger partial charge in [-0.25, -0.2) is 0 Å². The fraction of sp³-hybridized carbons (Fsp3) is 0.500. The van der Waals surface area contributed by atoms with E-state index in [1.165, 1.54) is 35.7 Å². The van der Waals surface area contributed by atoms with Gasteiger partial charge in [-0.2, -0.15) is 0 Å². The molecule has 2 aliphatic heterocycles. The van der Waals surface area contributed by atoms with Gasteiger partial charge in [0.25, 0.3) is 0 Å². The molecule has 1 aromatic heterocycles. The summed E-state index contributed by atoms with van der Waals surface area (Å²) in [7, 11) is 1.47. The highest BCUT2D eigenvalue weighted by atomic mass is 16.5. The summed E-state index contributed by atoms with van der Waals surface area (Å²) in [5, 5.41) is 1.37. The number of benzene rings is 1. The second-order valence-corrected chi connectivity index (χ2v) is 6.46. The summed E-state index contributed by atoms with van der Waals surface area (Å²) in [4.78, 5) is 17.7. The minimum atomic E-state index is -0.0915. The summed E-state index contributed by atoms with van der Waals surface area (Å²) >= 11 is 0. The fourth-order valence-electron chi connectivity index (χ4n) is 4.30. The average Bonchev–Trinajstić information content (AvgIpc) is 3.13. The van der Waals surface area contributed by atoms with E-state index in [-0.39, 0.29) is 5.97 Å². The summed E-state index contributed by atoms with van der Waals surface area (Å²) in [6.07, 6.45) is 3.75. The summed E-state index contributed by atoms with van der Waals surface area (Å²) in [6, 6.07) is 9.04. The number of carbonyl (C=O) groups is 1. The van der Waals surface area contributed by atoms with Gasteiger partial charge in [-0.1, -0.05) is 18.2 Å². The molecule has 1 fully saturated rings. The first-order valence-corrected chi connectivity index (χ1v) is 8.18. The van der Waals surface area contributed by atoms with E-state index in [0.717, 1.165) is 25.9 Å². The Morgan fingerprint density at radius 3 is 3.09 bits per heavy atom. The quantitative estimate of drug-likeness (QED) is 0.886. The molecule has 2 aromatic rings. The molecule has 2 aliphatic rings. The SMILES string of the molecule is COC(=O)CC[C@H]1CCN2CCc3c([nH]c4ccccc34)[C@H]12. The number of H-pyrrole nitrogens is 1. The van der Waals surface area contributed by atoms with Gasteiger partial charge in [0, 0.05) is 29.6 Å². The van der Waals surface area contributed by atoms with Crippen molar-refractivity contribution in [1.82, 2.24) is 9.88 Å². The van der Waals surface area contributed by atoms with Crippen LogP contribution in [0.3, 0.4) is 0 Å². The van der Waals surface area contributed by atoms with Crippen LogP contribution in [-0.4, -0.2) is 36.1 Å². The van der Waals surface area contributed by atoms with Crippen LogP contribution in [-0.2, 0) is 16.0 Å². The Labute approximate surface area is 130 Å². The average molecular weight is 298 g/mol. The number of carbonyl (C=O) groups excluding carboxylic acids is 1. The number of nitrogens with zero attached hydrogens (tertiary/aromatic N) is 1. The molecule has 22 heavy (non-hydrogen) atoms. The van der Waals surface area contributed by atoms with Crippen LogP contribution < -0.4 is 0 Å². The Bertz CT molecular complexity index is 706. The first-order valence-electron chi connectivity index (χ1n) is 8.18. The normalized spacial score (nSPS) is 24.2. The van der Waals surface area contributed by atoms with Crippen molar-refractivity contribution in [2.75, 3.05) is 20.2 Å². The molecule has 0 unspecified atom stereocenters. The number of nitrogens with one attached hydrogen (secondary N) is 1. The van der Waals surface area contributed by atoms with Crippen molar-refractivity contribution in [2.45, 2.75) is 31.7 Å². The molecule has 4 nitrogen and oxygen atoms in total. The van der Waals surface area contributed by atoms with Crippen molar-refractivity contribution in [3.8, 4) is 0 Å². The lowest BCUT2D eigenvalue weighted by Gasteiger charge is -2.32. The van der Waals surface area contributed by atoms with Gasteiger partial charge in [0.05, 0.1) is 13.2 Å². The predicted octanol–water partition coefficient (Wildman–Crippen LogP) is 3.04. The van der Waals surface area contributed by atoms with Gasteiger partial charge >= 0.3 is 5.97 Å². The van der Waals surface area contributed by atoms with Crippen molar-refractivity contribution in [2.24, 2.45) is 5.92 Å². The third-order valence-electron chi connectivity index (χ3n) is 5.37. The first kappa shape index (κ1) is 13.8. The molecule has 1 N–H and O–H groups in total. The monoisotopic (exact) mass is 298 g/mol. The lowest BCUT2D eigenvalue weighted by Crippen LogP contribution is -2.32. The number of hydrogen-bond acceptors (Lipinski definition) is 3. The molecule has 4 heteroatoms. The highest BCUT2D eigenvalue weighted by Crippen LogP contribution is 2.45. The molecule has 0 radical (unpaired) electrons. The van der Waals surface area contributed by atoms with E-state index in [2.05, 4.69) is 34.1 Å². The number of aromatic nitrogens is 1. The van der Waals surface area contributed by atoms with E-state index >= 15 is 0 Å². The van der Waals surface area contributed by atoms with Gasteiger partial charge < -0.3 is 9.72 Å². The van der Waals surface area contributed by atoms with Crippen LogP contribution >= 0.6 is 0 Å². The van der Waals surface area contributed by atoms with Crippen LogP contribution in [0.4, 0.5) is 0 Å². The maximum absolute atomic E-state index is 11.5. The third kappa shape index (κ3) is 2.13. The number of methoxy groups -OCH3 is 1. The Morgan fingerprint density at radius 2 is 2.23 bits per heavy atom. The summed E-state index contributed by atoms with van der Waals surface area (Å²) < 4.78 is 4.80. The smallest absolute Gasteiger partial charge is 0.305 e. The molecule has 1 aromatic carbocycles. The van der Waals surface area contributed by atoms with Crippen molar-refractivity contribution in [1.29, 1.82) is 0 Å². The number of ether oxygens (including phenoxy) is 1. The Morgan fingerprint density at radius 1 is 1.36 bits per heavy atom. The number of rotatable bonds is 3. The highest BCUT2D eigenvalue weighted by Gasteiger charge is 2.40. The van der Waals surface area contributed by atoms with Crippen LogP contribution in [0.1, 0.15) is 36.6 Å². The van der Waals surface area contributed by atoms with Crippen molar-refractivity contribution >= 4 is 16.9 Å². The lowest BCUT2D eigenvalue weighted by molar-refractivity contribution is -0.141. The van der Waals surface area contributed by atoms with Gasteiger partial charge in [0.1, 0.15) is 0 Å². The Kier molecular flexibility index (Phi) is 3.41. The molecule has 0 bridgehead atoms. The summed E-state index contributed by atoms with van der Waals surface area (Å²) in [5.41, 5.74) is 4.12. The topological polar surface area (TPSA) is 45.3 Å². The molecule has 4 rings (SSSR count). The predicted molar refractivity (Wildman–Crippen MR) is 85.7 cm³/mol. The second-order valence-electron chi connectivity index (χ2n) is 6.46. The van der Waals surface area contributed by atoms with Gasteiger partial charge in [-0.3, -0.25) is 9.69 Å². The summed E-state index contributed by atoms with van der Waals surface area (Å²) in [5.74, 6) is 0.456. The molecular formula is C18H22N2O2.